The summed E-state index contributed by atoms with van der Waals surface area (Å²) in [4.78, 5) is 9.68. The molecular formula is C5H16N2O4. The molecule has 0 aliphatic rings. The first kappa shape index (κ1) is 16.8. The molecule has 0 aromatic rings. The van der Waals surface area contributed by atoms with Crippen LogP contribution in [0.25, 0.3) is 0 Å². The Morgan fingerprint density at radius 1 is 1.18 bits per heavy atom. The minimum atomic E-state index is -1.20. The Balaban J connectivity index is -0.000000320. The minimum Gasteiger partial charge on any atom is -0.394 e. The lowest BCUT2D eigenvalue weighted by Gasteiger charge is -2.11. The van der Waals surface area contributed by atoms with E-state index in [1.807, 2.05) is 0 Å². The Morgan fingerprint density at radius 3 is 1.91 bits per heavy atom. The summed E-state index contributed by atoms with van der Waals surface area (Å²) in [7, 11) is 0. The summed E-state index contributed by atoms with van der Waals surface area (Å²) >= 11 is 0. The number of carbonyl (C=O) groups is 1. The lowest BCUT2D eigenvalue weighted by atomic mass is 10.2. The van der Waals surface area contributed by atoms with Crippen molar-refractivity contribution in [2.24, 2.45) is 0 Å². The van der Waals surface area contributed by atoms with Crippen LogP contribution in [-0.4, -0.2) is 40.4 Å². The fourth-order valence-electron chi connectivity index (χ4n) is 0.377. The summed E-state index contributed by atoms with van der Waals surface area (Å²) in [5.41, 5.74) is 0. The van der Waals surface area contributed by atoms with E-state index < -0.39 is 18.8 Å². The Hall–Kier alpha value is -0.530. The van der Waals surface area contributed by atoms with Crippen LogP contribution in [0.5, 0.6) is 0 Å². The maximum Gasteiger partial charge on any atom is 0.122 e. The van der Waals surface area contributed by atoms with Crippen LogP contribution in [0.3, 0.4) is 0 Å². The second-order valence-corrected chi connectivity index (χ2v) is 1.72. The van der Waals surface area contributed by atoms with Gasteiger partial charge in [0.05, 0.1) is 12.7 Å². The first-order valence-corrected chi connectivity index (χ1v) is 2.63. The normalized spacial score (nSPS) is 13.7. The molecule has 0 fully saturated rings. The number of hydrogen-bond donors (Lipinski definition) is 5. The van der Waals surface area contributed by atoms with Crippen LogP contribution in [0.15, 0.2) is 0 Å². The highest BCUT2D eigenvalue weighted by atomic mass is 16.4. The first-order valence-electron chi connectivity index (χ1n) is 2.63. The molecule has 0 aliphatic heterocycles. The van der Waals surface area contributed by atoms with Gasteiger partial charge >= 0.3 is 0 Å². The minimum absolute atomic E-state index is 0. The van der Waals surface area contributed by atoms with Crippen molar-refractivity contribution < 1.29 is 20.1 Å². The second-order valence-electron chi connectivity index (χ2n) is 1.72. The molecule has 6 heteroatoms. The van der Waals surface area contributed by atoms with E-state index in [0.717, 1.165) is 0 Å². The Labute approximate surface area is 65.0 Å². The summed E-state index contributed by atoms with van der Waals surface area (Å²) < 4.78 is 0. The molecule has 0 radical (unpaired) electrons. The van der Waals surface area contributed by atoms with Crippen molar-refractivity contribution in [3.63, 3.8) is 0 Å². The van der Waals surface area contributed by atoms with Crippen LogP contribution in [-0.2, 0) is 4.79 Å². The Bertz CT molecular complexity index is 90.6. The molecule has 6 nitrogen and oxygen atoms in total. The lowest BCUT2D eigenvalue weighted by Crippen LogP contribution is -2.29. The maximum atomic E-state index is 9.68. The average molecular weight is 168 g/mol. The zero-order chi connectivity index (χ0) is 7.28. The number of aldehydes is 1. The summed E-state index contributed by atoms with van der Waals surface area (Å²) in [6, 6.07) is 0. The van der Waals surface area contributed by atoms with E-state index in [2.05, 4.69) is 0 Å². The van der Waals surface area contributed by atoms with Gasteiger partial charge in [-0.2, -0.15) is 0 Å². The van der Waals surface area contributed by atoms with Crippen LogP contribution in [0.1, 0.15) is 6.42 Å². The van der Waals surface area contributed by atoms with E-state index in [0.29, 0.717) is 6.29 Å². The van der Waals surface area contributed by atoms with Gasteiger partial charge in [0.1, 0.15) is 12.4 Å². The molecule has 11 heavy (non-hydrogen) atoms. The fourth-order valence-corrected chi connectivity index (χ4v) is 0.377. The van der Waals surface area contributed by atoms with E-state index >= 15 is 0 Å². The Morgan fingerprint density at radius 2 is 1.64 bits per heavy atom. The molecule has 0 aliphatic carbocycles. The fraction of sp³-hybridized carbons (Fsp3) is 0.800. The van der Waals surface area contributed by atoms with Crippen molar-refractivity contribution in [3.8, 4) is 0 Å². The standard InChI is InChI=1S/C5H10O4.2H3N/c6-2-1-4(8)5(9)3-7;;/h2,4-5,7-9H,1,3H2;2*1H3/t4-,5+;;/m0../s1. The quantitative estimate of drug-likeness (QED) is 0.326. The van der Waals surface area contributed by atoms with Gasteiger partial charge in [0, 0.05) is 6.42 Å². The van der Waals surface area contributed by atoms with E-state index in [-0.39, 0.29) is 18.7 Å². The first-order chi connectivity index (χ1) is 4.22. The summed E-state index contributed by atoms with van der Waals surface area (Å²) in [5.74, 6) is 0. The van der Waals surface area contributed by atoms with Crippen molar-refractivity contribution in [2.75, 3.05) is 6.61 Å². The van der Waals surface area contributed by atoms with E-state index in [1.54, 1.807) is 0 Å². The third-order valence-electron chi connectivity index (χ3n) is 0.969. The predicted octanol–water partition coefficient (Wildman–Crippen LogP) is -1.39. The average Bonchev–Trinajstić information content (AvgIpc) is 1.87. The number of carbonyl (C=O) groups excluding carboxylic acids is 1. The predicted molar refractivity (Wildman–Crippen MR) is 39.8 cm³/mol. The highest BCUT2D eigenvalue weighted by Crippen LogP contribution is 1.94. The smallest absolute Gasteiger partial charge is 0.122 e. The molecule has 0 unspecified atom stereocenters. The molecule has 0 amide bonds. The zero-order valence-corrected chi connectivity index (χ0v) is 6.31. The monoisotopic (exact) mass is 168 g/mol. The topological polar surface area (TPSA) is 148 Å². The van der Waals surface area contributed by atoms with Crippen LogP contribution in [0.2, 0.25) is 0 Å². The summed E-state index contributed by atoms with van der Waals surface area (Å²) in [6.45, 7) is -0.519. The van der Waals surface area contributed by atoms with E-state index in [9.17, 15) is 4.79 Å². The van der Waals surface area contributed by atoms with Gasteiger partial charge in [0.2, 0.25) is 0 Å². The van der Waals surface area contributed by atoms with Gasteiger partial charge in [-0.25, -0.2) is 0 Å². The van der Waals surface area contributed by atoms with Crippen molar-refractivity contribution in [1.82, 2.24) is 12.3 Å². The van der Waals surface area contributed by atoms with Gasteiger partial charge in [0.15, 0.2) is 0 Å². The number of aliphatic hydroxyl groups excluding tert-OH is 3. The number of rotatable bonds is 4. The molecule has 0 heterocycles. The maximum absolute atomic E-state index is 9.68. The van der Waals surface area contributed by atoms with Crippen LogP contribution in [0, 0.1) is 0 Å². The van der Waals surface area contributed by atoms with Gasteiger partial charge in [-0.3, -0.25) is 0 Å². The molecule has 9 N–H and O–H groups in total. The van der Waals surface area contributed by atoms with Gasteiger partial charge < -0.3 is 32.4 Å². The third kappa shape index (κ3) is 7.37. The molecule has 0 aromatic heterocycles. The molecule has 0 aromatic carbocycles. The van der Waals surface area contributed by atoms with Crippen LogP contribution >= 0.6 is 0 Å². The number of hydrogen-bond acceptors (Lipinski definition) is 6. The zero-order valence-electron chi connectivity index (χ0n) is 6.31. The molecule has 0 rings (SSSR count). The SMILES string of the molecule is N.N.O=CC[C@H](O)[C@H](O)CO. The van der Waals surface area contributed by atoms with Gasteiger partial charge in [-0.15, -0.1) is 0 Å². The highest BCUT2D eigenvalue weighted by Gasteiger charge is 2.13. The van der Waals surface area contributed by atoms with Crippen molar-refractivity contribution in [1.29, 1.82) is 0 Å². The molecule has 70 valence electrons. The van der Waals surface area contributed by atoms with Crippen molar-refractivity contribution in [3.05, 3.63) is 0 Å². The van der Waals surface area contributed by atoms with Crippen molar-refractivity contribution in [2.45, 2.75) is 18.6 Å². The summed E-state index contributed by atoms with van der Waals surface area (Å²) in [6.07, 6.45) is -1.98. The number of aliphatic hydroxyl groups is 3. The van der Waals surface area contributed by atoms with E-state index in [1.165, 1.54) is 0 Å². The third-order valence-corrected chi connectivity index (χ3v) is 0.969. The molecule has 0 saturated heterocycles. The largest absolute Gasteiger partial charge is 0.394 e. The highest BCUT2D eigenvalue weighted by molar-refractivity contribution is 5.50. The second kappa shape index (κ2) is 9.47. The molecule has 0 saturated carbocycles. The molecule has 2 atom stereocenters. The summed E-state index contributed by atoms with van der Waals surface area (Å²) in [5, 5.41) is 25.5. The van der Waals surface area contributed by atoms with Crippen LogP contribution in [0.4, 0.5) is 0 Å². The van der Waals surface area contributed by atoms with Crippen LogP contribution < -0.4 is 12.3 Å². The molecule has 0 bridgehead atoms. The van der Waals surface area contributed by atoms with E-state index in [4.69, 9.17) is 15.3 Å². The van der Waals surface area contributed by atoms with Gasteiger partial charge in [-0.05, 0) is 0 Å². The Kier molecular flexibility index (Phi) is 14.5. The van der Waals surface area contributed by atoms with Gasteiger partial charge in [0.25, 0.3) is 0 Å². The molecular weight excluding hydrogens is 152 g/mol. The van der Waals surface area contributed by atoms with Gasteiger partial charge in [-0.1, -0.05) is 0 Å². The van der Waals surface area contributed by atoms with Crippen molar-refractivity contribution >= 4 is 6.29 Å². The molecule has 0 spiro atoms. The lowest BCUT2D eigenvalue weighted by molar-refractivity contribution is -0.111.